The Morgan fingerprint density at radius 3 is 2.43 bits per heavy atom. The predicted molar refractivity (Wildman–Crippen MR) is 88.0 cm³/mol. The van der Waals surface area contributed by atoms with E-state index in [4.69, 9.17) is 4.74 Å². The van der Waals surface area contributed by atoms with Gasteiger partial charge >= 0.3 is 0 Å². The fourth-order valence-corrected chi connectivity index (χ4v) is 5.03. The van der Waals surface area contributed by atoms with Crippen molar-refractivity contribution in [2.24, 2.45) is 11.8 Å². The Bertz CT molecular complexity index is 636. The van der Waals surface area contributed by atoms with E-state index < -0.39 is 9.84 Å². The first-order valence-electron chi connectivity index (χ1n) is 8.20. The molecule has 2 aliphatic rings. The summed E-state index contributed by atoms with van der Waals surface area (Å²) in [6.07, 6.45) is 2.31. The summed E-state index contributed by atoms with van der Waals surface area (Å²) >= 11 is 0. The maximum absolute atomic E-state index is 12.4. The molecule has 5 nitrogen and oxygen atoms in total. The Labute approximate surface area is 137 Å². The number of carbonyl (C=O) groups excluding carboxylic acids is 1. The maximum Gasteiger partial charge on any atom is 0.226 e. The number of carbonyl (C=O) groups is 1. The molecule has 2 saturated heterocycles. The van der Waals surface area contributed by atoms with E-state index in [0.717, 1.165) is 18.6 Å². The number of amides is 1. The van der Waals surface area contributed by atoms with E-state index in [0.29, 0.717) is 32.0 Å². The predicted octanol–water partition coefficient (Wildman–Crippen LogP) is 1.74. The fourth-order valence-electron chi connectivity index (χ4n) is 3.30. The van der Waals surface area contributed by atoms with Crippen molar-refractivity contribution >= 4 is 15.7 Å². The van der Waals surface area contributed by atoms with Crippen LogP contribution in [0.5, 0.6) is 5.75 Å². The van der Waals surface area contributed by atoms with E-state index in [1.807, 2.05) is 35.2 Å². The van der Waals surface area contributed by atoms with Gasteiger partial charge < -0.3 is 9.64 Å². The van der Waals surface area contributed by atoms with Crippen molar-refractivity contribution in [3.05, 3.63) is 30.3 Å². The fraction of sp³-hybridized carbons (Fsp3) is 0.588. The topological polar surface area (TPSA) is 63.7 Å². The van der Waals surface area contributed by atoms with Crippen LogP contribution in [0.2, 0.25) is 0 Å². The second-order valence-corrected chi connectivity index (χ2v) is 8.72. The van der Waals surface area contributed by atoms with Crippen LogP contribution in [0.4, 0.5) is 0 Å². The van der Waals surface area contributed by atoms with Crippen LogP contribution < -0.4 is 4.74 Å². The lowest BCUT2D eigenvalue weighted by Crippen LogP contribution is -2.43. The number of hydrogen-bond donors (Lipinski definition) is 0. The van der Waals surface area contributed by atoms with Crippen LogP contribution >= 0.6 is 0 Å². The number of hydrogen-bond acceptors (Lipinski definition) is 4. The number of para-hydroxylation sites is 1. The Morgan fingerprint density at radius 1 is 1.13 bits per heavy atom. The molecule has 126 valence electrons. The van der Waals surface area contributed by atoms with E-state index in [9.17, 15) is 13.2 Å². The SMILES string of the molecule is O=C(C1CCS(=O)(=O)C1)N1CCC(COc2ccccc2)CC1. The second-order valence-electron chi connectivity index (χ2n) is 6.49. The van der Waals surface area contributed by atoms with E-state index >= 15 is 0 Å². The van der Waals surface area contributed by atoms with Crippen LogP contribution in [-0.2, 0) is 14.6 Å². The molecule has 0 saturated carbocycles. The molecule has 2 fully saturated rings. The molecule has 1 aromatic carbocycles. The van der Waals surface area contributed by atoms with E-state index in [-0.39, 0.29) is 23.3 Å². The zero-order valence-corrected chi connectivity index (χ0v) is 14.0. The third-order valence-electron chi connectivity index (χ3n) is 4.74. The minimum absolute atomic E-state index is 0.0218. The lowest BCUT2D eigenvalue weighted by Gasteiger charge is -2.33. The minimum Gasteiger partial charge on any atom is -0.493 e. The highest BCUT2D eigenvalue weighted by atomic mass is 32.2. The van der Waals surface area contributed by atoms with Crippen molar-refractivity contribution in [1.82, 2.24) is 4.90 Å². The third kappa shape index (κ3) is 4.25. The molecule has 3 rings (SSSR count). The summed E-state index contributed by atoms with van der Waals surface area (Å²) in [5, 5.41) is 0. The number of rotatable bonds is 4. The van der Waals surface area contributed by atoms with Gasteiger partial charge in [-0.15, -0.1) is 0 Å². The number of benzene rings is 1. The normalized spacial score (nSPS) is 24.5. The Hall–Kier alpha value is -1.56. The van der Waals surface area contributed by atoms with Crippen LogP contribution in [0, 0.1) is 11.8 Å². The molecule has 1 atom stereocenters. The highest BCUT2D eigenvalue weighted by Crippen LogP contribution is 2.25. The van der Waals surface area contributed by atoms with Crippen molar-refractivity contribution in [2.75, 3.05) is 31.2 Å². The van der Waals surface area contributed by atoms with Gasteiger partial charge in [0.1, 0.15) is 5.75 Å². The minimum atomic E-state index is -3.00. The van der Waals surface area contributed by atoms with E-state index in [1.54, 1.807) is 0 Å². The largest absolute Gasteiger partial charge is 0.493 e. The third-order valence-corrected chi connectivity index (χ3v) is 6.50. The molecule has 23 heavy (non-hydrogen) atoms. The van der Waals surface area contributed by atoms with Gasteiger partial charge in [0, 0.05) is 13.1 Å². The van der Waals surface area contributed by atoms with Gasteiger partial charge in [0.05, 0.1) is 24.0 Å². The number of ether oxygens (including phenoxy) is 1. The Balaban J connectivity index is 1.44. The molecule has 1 unspecified atom stereocenters. The molecular formula is C17H23NO4S. The van der Waals surface area contributed by atoms with Crippen molar-refractivity contribution < 1.29 is 17.9 Å². The first kappa shape index (κ1) is 16.3. The van der Waals surface area contributed by atoms with Gasteiger partial charge in [0.15, 0.2) is 9.84 Å². The standard InChI is InChI=1S/C17H23NO4S/c19-17(15-8-11-23(20,21)13-15)18-9-6-14(7-10-18)12-22-16-4-2-1-3-5-16/h1-5,14-15H,6-13H2. The summed E-state index contributed by atoms with van der Waals surface area (Å²) in [4.78, 5) is 14.2. The molecule has 0 N–H and O–H groups in total. The number of likely N-dealkylation sites (tertiary alicyclic amines) is 1. The van der Waals surface area contributed by atoms with Gasteiger partial charge in [-0.3, -0.25) is 4.79 Å². The summed E-state index contributed by atoms with van der Waals surface area (Å²) in [7, 11) is -3.00. The van der Waals surface area contributed by atoms with Gasteiger partial charge in [0.25, 0.3) is 0 Å². The second kappa shape index (κ2) is 6.91. The van der Waals surface area contributed by atoms with Gasteiger partial charge in [-0.2, -0.15) is 0 Å². The highest BCUT2D eigenvalue weighted by Gasteiger charge is 2.36. The van der Waals surface area contributed by atoms with Crippen molar-refractivity contribution in [3.63, 3.8) is 0 Å². The van der Waals surface area contributed by atoms with Crippen molar-refractivity contribution in [2.45, 2.75) is 19.3 Å². The molecule has 0 aromatic heterocycles. The van der Waals surface area contributed by atoms with Gasteiger partial charge in [-0.25, -0.2) is 8.42 Å². The zero-order valence-electron chi connectivity index (χ0n) is 13.2. The van der Waals surface area contributed by atoms with Gasteiger partial charge in [-0.05, 0) is 37.3 Å². The van der Waals surface area contributed by atoms with Crippen LogP contribution in [0.3, 0.4) is 0 Å². The lowest BCUT2D eigenvalue weighted by atomic mass is 9.96. The lowest BCUT2D eigenvalue weighted by molar-refractivity contribution is -0.136. The average molecular weight is 337 g/mol. The molecule has 0 radical (unpaired) electrons. The van der Waals surface area contributed by atoms with Gasteiger partial charge in [0.2, 0.25) is 5.91 Å². The molecular weight excluding hydrogens is 314 g/mol. The smallest absolute Gasteiger partial charge is 0.226 e. The number of piperidine rings is 1. The molecule has 0 aliphatic carbocycles. The number of nitrogens with zero attached hydrogens (tertiary/aromatic N) is 1. The first-order chi connectivity index (χ1) is 11.0. The first-order valence-corrected chi connectivity index (χ1v) is 10.0. The average Bonchev–Trinajstić information content (AvgIpc) is 2.94. The van der Waals surface area contributed by atoms with Crippen LogP contribution in [0.1, 0.15) is 19.3 Å². The van der Waals surface area contributed by atoms with Crippen molar-refractivity contribution in [3.8, 4) is 5.75 Å². The Morgan fingerprint density at radius 2 is 1.83 bits per heavy atom. The Kier molecular flexibility index (Phi) is 4.90. The number of sulfone groups is 1. The van der Waals surface area contributed by atoms with E-state index in [2.05, 4.69) is 0 Å². The summed E-state index contributed by atoms with van der Waals surface area (Å²) in [5.74, 6) is 1.22. The van der Waals surface area contributed by atoms with Crippen LogP contribution in [-0.4, -0.2) is 50.4 Å². The summed E-state index contributed by atoms with van der Waals surface area (Å²) in [6.45, 7) is 2.08. The monoisotopic (exact) mass is 337 g/mol. The summed E-state index contributed by atoms with van der Waals surface area (Å²) in [5.41, 5.74) is 0. The molecule has 1 aromatic rings. The van der Waals surface area contributed by atoms with Crippen LogP contribution in [0.25, 0.3) is 0 Å². The summed E-state index contributed by atoms with van der Waals surface area (Å²) in [6, 6.07) is 9.75. The maximum atomic E-state index is 12.4. The molecule has 1 amide bonds. The zero-order chi connectivity index (χ0) is 16.3. The van der Waals surface area contributed by atoms with Gasteiger partial charge in [-0.1, -0.05) is 18.2 Å². The van der Waals surface area contributed by atoms with Crippen molar-refractivity contribution in [1.29, 1.82) is 0 Å². The molecule has 0 spiro atoms. The molecule has 2 heterocycles. The van der Waals surface area contributed by atoms with E-state index in [1.165, 1.54) is 0 Å². The summed E-state index contributed by atoms with van der Waals surface area (Å²) < 4.78 is 28.8. The molecule has 6 heteroatoms. The quantitative estimate of drug-likeness (QED) is 0.839. The molecule has 2 aliphatic heterocycles. The molecule has 0 bridgehead atoms. The highest BCUT2D eigenvalue weighted by molar-refractivity contribution is 7.91. The van der Waals surface area contributed by atoms with Crippen LogP contribution in [0.15, 0.2) is 30.3 Å².